The number of phenols is 1. The fraction of sp³-hybridized carbons (Fsp3) is 0.0588. The van der Waals surface area contributed by atoms with Crippen LogP contribution in [-0.4, -0.2) is 13.5 Å². The highest BCUT2D eigenvalue weighted by Crippen LogP contribution is 2.27. The zero-order chi connectivity index (χ0) is 15.7. The summed E-state index contributed by atoms with van der Waals surface area (Å²) < 4.78 is 27.4. The van der Waals surface area contributed by atoms with E-state index in [4.69, 9.17) is 0 Å². The van der Waals surface area contributed by atoms with E-state index in [0.717, 1.165) is 16.3 Å². The molecule has 0 fully saturated rings. The molecule has 0 atom stereocenters. The molecule has 3 aromatic rings. The second-order valence-corrected chi connectivity index (χ2v) is 6.82. The number of hydrogen-bond acceptors (Lipinski definition) is 3. The van der Waals surface area contributed by atoms with E-state index in [1.54, 1.807) is 30.3 Å². The Balaban J connectivity index is 2.02. The molecule has 0 heterocycles. The van der Waals surface area contributed by atoms with E-state index in [1.807, 2.05) is 31.2 Å². The summed E-state index contributed by atoms with van der Waals surface area (Å²) in [7, 11) is -3.75. The van der Waals surface area contributed by atoms with Gasteiger partial charge >= 0.3 is 0 Å². The summed E-state index contributed by atoms with van der Waals surface area (Å²) in [6.45, 7) is 1.83. The monoisotopic (exact) mass is 313 g/mol. The average molecular weight is 313 g/mol. The fourth-order valence-corrected chi connectivity index (χ4v) is 3.37. The van der Waals surface area contributed by atoms with Crippen LogP contribution in [-0.2, 0) is 10.0 Å². The first kappa shape index (κ1) is 14.4. The number of nitrogens with one attached hydrogen (secondary N) is 1. The van der Waals surface area contributed by atoms with Crippen molar-refractivity contribution in [3.05, 3.63) is 66.2 Å². The second kappa shape index (κ2) is 5.35. The molecule has 0 saturated carbocycles. The van der Waals surface area contributed by atoms with Crippen molar-refractivity contribution in [2.24, 2.45) is 0 Å². The van der Waals surface area contributed by atoms with Crippen LogP contribution in [0.15, 0.2) is 65.6 Å². The quantitative estimate of drug-likeness (QED) is 0.725. The maximum Gasteiger partial charge on any atom is 0.262 e. The third-order valence-corrected chi connectivity index (χ3v) is 4.79. The van der Waals surface area contributed by atoms with Gasteiger partial charge in [-0.15, -0.1) is 0 Å². The highest BCUT2D eigenvalue weighted by Gasteiger charge is 2.16. The van der Waals surface area contributed by atoms with Gasteiger partial charge in [-0.3, -0.25) is 4.72 Å². The molecule has 0 bridgehead atoms. The maximum atomic E-state index is 12.5. The SMILES string of the molecule is Cc1ccc(O)c(NS(=O)(=O)c2ccc3ccccc3c2)c1. The van der Waals surface area contributed by atoms with Crippen molar-refractivity contribution in [1.29, 1.82) is 0 Å². The lowest BCUT2D eigenvalue weighted by Gasteiger charge is -2.11. The molecule has 0 aliphatic carbocycles. The number of aryl methyl sites for hydroxylation is 1. The summed E-state index contributed by atoms with van der Waals surface area (Å²) in [6, 6.07) is 17.2. The molecule has 0 saturated heterocycles. The molecular formula is C17H15NO3S. The van der Waals surface area contributed by atoms with Crippen molar-refractivity contribution in [2.75, 3.05) is 4.72 Å². The first-order valence-corrected chi connectivity index (χ1v) is 8.25. The lowest BCUT2D eigenvalue weighted by molar-refractivity contribution is 0.477. The molecule has 3 rings (SSSR count). The van der Waals surface area contributed by atoms with Gasteiger partial charge in [0.15, 0.2) is 0 Å². The van der Waals surface area contributed by atoms with Crippen molar-refractivity contribution < 1.29 is 13.5 Å². The van der Waals surface area contributed by atoms with Crippen LogP contribution in [0.4, 0.5) is 5.69 Å². The zero-order valence-corrected chi connectivity index (χ0v) is 12.8. The molecule has 22 heavy (non-hydrogen) atoms. The Kier molecular flexibility index (Phi) is 3.50. The molecule has 0 aliphatic rings. The number of rotatable bonds is 3. The Morgan fingerprint density at radius 1 is 0.909 bits per heavy atom. The molecule has 3 aromatic carbocycles. The largest absolute Gasteiger partial charge is 0.506 e. The van der Waals surface area contributed by atoms with Crippen LogP contribution < -0.4 is 4.72 Å². The number of benzene rings is 3. The van der Waals surface area contributed by atoms with Gasteiger partial charge < -0.3 is 5.11 Å². The van der Waals surface area contributed by atoms with Crippen molar-refractivity contribution in [3.63, 3.8) is 0 Å². The fourth-order valence-electron chi connectivity index (χ4n) is 2.27. The van der Waals surface area contributed by atoms with E-state index in [-0.39, 0.29) is 16.3 Å². The minimum Gasteiger partial charge on any atom is -0.506 e. The van der Waals surface area contributed by atoms with Crippen LogP contribution in [0.5, 0.6) is 5.75 Å². The smallest absolute Gasteiger partial charge is 0.262 e. The molecule has 2 N–H and O–H groups in total. The average Bonchev–Trinajstić information content (AvgIpc) is 2.50. The molecule has 0 radical (unpaired) electrons. The normalized spacial score (nSPS) is 11.5. The highest BCUT2D eigenvalue weighted by atomic mass is 32.2. The minimum absolute atomic E-state index is 0.102. The van der Waals surface area contributed by atoms with Crippen LogP contribution in [0.2, 0.25) is 0 Å². The molecule has 4 nitrogen and oxygen atoms in total. The van der Waals surface area contributed by atoms with Gasteiger partial charge in [0.05, 0.1) is 10.6 Å². The molecule has 5 heteroatoms. The van der Waals surface area contributed by atoms with E-state index in [0.29, 0.717) is 0 Å². The molecule has 112 valence electrons. The summed E-state index contributed by atoms with van der Waals surface area (Å²) in [5, 5.41) is 11.6. The van der Waals surface area contributed by atoms with Gasteiger partial charge in [0.2, 0.25) is 0 Å². The highest BCUT2D eigenvalue weighted by molar-refractivity contribution is 7.92. The van der Waals surface area contributed by atoms with E-state index in [2.05, 4.69) is 4.72 Å². The summed E-state index contributed by atoms with van der Waals surface area (Å²) in [5.41, 5.74) is 1.03. The number of phenolic OH excluding ortho intramolecular Hbond substituents is 1. The number of hydrogen-bond donors (Lipinski definition) is 2. The van der Waals surface area contributed by atoms with Gasteiger partial charge in [-0.05, 0) is 47.5 Å². The lowest BCUT2D eigenvalue weighted by Crippen LogP contribution is -2.13. The van der Waals surface area contributed by atoms with E-state index >= 15 is 0 Å². The van der Waals surface area contributed by atoms with Gasteiger partial charge in [-0.2, -0.15) is 0 Å². The topological polar surface area (TPSA) is 66.4 Å². The zero-order valence-electron chi connectivity index (χ0n) is 11.9. The minimum atomic E-state index is -3.75. The third kappa shape index (κ3) is 2.76. The van der Waals surface area contributed by atoms with Gasteiger partial charge in [-0.25, -0.2) is 8.42 Å². The van der Waals surface area contributed by atoms with Crippen molar-refractivity contribution in [2.45, 2.75) is 11.8 Å². The Bertz CT molecular complexity index is 949. The van der Waals surface area contributed by atoms with Gasteiger partial charge in [0, 0.05) is 0 Å². The van der Waals surface area contributed by atoms with E-state index in [1.165, 1.54) is 6.07 Å². The summed E-state index contributed by atoms with van der Waals surface area (Å²) >= 11 is 0. The van der Waals surface area contributed by atoms with Crippen LogP contribution >= 0.6 is 0 Å². The van der Waals surface area contributed by atoms with Crippen molar-refractivity contribution >= 4 is 26.5 Å². The van der Waals surface area contributed by atoms with Crippen molar-refractivity contribution in [1.82, 2.24) is 0 Å². The Labute approximate surface area is 129 Å². The third-order valence-electron chi connectivity index (χ3n) is 3.43. The standard InChI is InChI=1S/C17H15NO3S/c1-12-6-9-17(19)16(10-12)18-22(20,21)15-8-7-13-4-2-3-5-14(13)11-15/h2-11,18-19H,1H3. The van der Waals surface area contributed by atoms with Crippen LogP contribution in [0.3, 0.4) is 0 Å². The Morgan fingerprint density at radius 2 is 1.64 bits per heavy atom. The molecule has 0 amide bonds. The molecule has 0 aliphatic heterocycles. The molecule has 0 aromatic heterocycles. The maximum absolute atomic E-state index is 12.5. The second-order valence-electron chi connectivity index (χ2n) is 5.14. The summed E-state index contributed by atoms with van der Waals surface area (Å²) in [4.78, 5) is 0.159. The van der Waals surface area contributed by atoms with Crippen molar-refractivity contribution in [3.8, 4) is 5.75 Å². The lowest BCUT2D eigenvalue weighted by atomic mass is 10.1. The summed E-state index contributed by atoms with van der Waals surface area (Å²) in [5.74, 6) is -0.102. The van der Waals surface area contributed by atoms with Crippen LogP contribution in [0.25, 0.3) is 10.8 Å². The predicted octanol–water partition coefficient (Wildman–Crippen LogP) is 3.65. The van der Waals surface area contributed by atoms with E-state index < -0.39 is 10.0 Å². The van der Waals surface area contributed by atoms with Gasteiger partial charge in [0.25, 0.3) is 10.0 Å². The predicted molar refractivity (Wildman–Crippen MR) is 87.6 cm³/mol. The number of anilines is 1. The Hall–Kier alpha value is -2.53. The summed E-state index contributed by atoms with van der Waals surface area (Å²) in [6.07, 6.45) is 0. The number of fused-ring (bicyclic) bond motifs is 1. The number of sulfonamides is 1. The van der Waals surface area contributed by atoms with Gasteiger partial charge in [-0.1, -0.05) is 36.4 Å². The van der Waals surface area contributed by atoms with E-state index in [9.17, 15) is 13.5 Å². The Morgan fingerprint density at radius 3 is 2.41 bits per heavy atom. The first-order valence-electron chi connectivity index (χ1n) is 6.77. The molecular weight excluding hydrogens is 298 g/mol. The van der Waals surface area contributed by atoms with Crippen LogP contribution in [0, 0.1) is 6.92 Å². The van der Waals surface area contributed by atoms with Crippen LogP contribution in [0.1, 0.15) is 5.56 Å². The first-order chi connectivity index (χ1) is 10.5. The van der Waals surface area contributed by atoms with Gasteiger partial charge in [0.1, 0.15) is 5.75 Å². The number of aromatic hydroxyl groups is 1. The molecule has 0 spiro atoms. The molecule has 0 unspecified atom stereocenters.